The molecule has 0 radical (unpaired) electrons. The van der Waals surface area contributed by atoms with Crippen LogP contribution in [0.25, 0.3) is 0 Å². The van der Waals surface area contributed by atoms with Gasteiger partial charge in [0.05, 0.1) is 7.11 Å². The molecule has 0 bridgehead atoms. The maximum absolute atomic E-state index is 15.1. The molecule has 0 spiro atoms. The van der Waals surface area contributed by atoms with E-state index in [1.165, 1.54) is 0 Å². The molecule has 1 unspecified atom stereocenters. The lowest BCUT2D eigenvalue weighted by atomic mass is 9.88. The predicted molar refractivity (Wildman–Crippen MR) is 70.4 cm³/mol. The van der Waals surface area contributed by atoms with Gasteiger partial charge in [0.2, 0.25) is 0 Å². The van der Waals surface area contributed by atoms with Crippen LogP contribution >= 0.6 is 0 Å². The minimum atomic E-state index is -1.68. The van der Waals surface area contributed by atoms with Crippen LogP contribution < -0.4 is 10.5 Å². The molecule has 0 aliphatic heterocycles. The zero-order valence-electron chi connectivity index (χ0n) is 10.3. The van der Waals surface area contributed by atoms with E-state index in [-0.39, 0.29) is 6.54 Å². The number of methoxy groups -OCH3 is 1. The molecule has 0 saturated carbocycles. The van der Waals surface area contributed by atoms with Gasteiger partial charge in [-0.25, -0.2) is 4.39 Å². The fourth-order valence-electron chi connectivity index (χ4n) is 1.97. The maximum atomic E-state index is 15.1. The molecule has 1 atom stereocenters. The number of rotatable bonds is 4. The fourth-order valence-corrected chi connectivity index (χ4v) is 1.97. The third-order valence-corrected chi connectivity index (χ3v) is 3.04. The van der Waals surface area contributed by atoms with Crippen molar-refractivity contribution in [2.24, 2.45) is 5.73 Å². The van der Waals surface area contributed by atoms with Crippen LogP contribution in [0.2, 0.25) is 0 Å². The van der Waals surface area contributed by atoms with Crippen molar-refractivity contribution in [2.75, 3.05) is 13.7 Å². The highest BCUT2D eigenvalue weighted by Gasteiger charge is 2.32. The SMILES string of the molecule is COc1cccc(C(F)(CN)c2ccccc2)c1. The van der Waals surface area contributed by atoms with E-state index in [1.807, 2.05) is 6.07 Å². The highest BCUT2D eigenvalue weighted by molar-refractivity contribution is 5.40. The highest BCUT2D eigenvalue weighted by Crippen LogP contribution is 2.34. The Hall–Kier alpha value is -1.87. The molecule has 3 heteroatoms. The molecule has 94 valence electrons. The summed E-state index contributed by atoms with van der Waals surface area (Å²) in [6, 6.07) is 15.9. The smallest absolute Gasteiger partial charge is 0.173 e. The Morgan fingerprint density at radius 3 is 2.33 bits per heavy atom. The number of alkyl halides is 1. The van der Waals surface area contributed by atoms with Crippen LogP contribution in [0, 0.1) is 0 Å². The molecule has 2 rings (SSSR count). The molecule has 0 heterocycles. The first-order valence-electron chi connectivity index (χ1n) is 5.80. The lowest BCUT2D eigenvalue weighted by Crippen LogP contribution is -2.31. The quantitative estimate of drug-likeness (QED) is 0.899. The van der Waals surface area contributed by atoms with Gasteiger partial charge >= 0.3 is 0 Å². The largest absolute Gasteiger partial charge is 0.497 e. The monoisotopic (exact) mass is 245 g/mol. The van der Waals surface area contributed by atoms with E-state index < -0.39 is 5.67 Å². The summed E-state index contributed by atoms with van der Waals surface area (Å²) in [5.74, 6) is 0.624. The summed E-state index contributed by atoms with van der Waals surface area (Å²) >= 11 is 0. The molecule has 0 aromatic heterocycles. The molecule has 0 fully saturated rings. The lowest BCUT2D eigenvalue weighted by Gasteiger charge is -2.25. The average molecular weight is 245 g/mol. The summed E-state index contributed by atoms with van der Waals surface area (Å²) in [5.41, 5.74) is 5.03. The Balaban J connectivity index is 2.49. The van der Waals surface area contributed by atoms with Crippen molar-refractivity contribution in [2.45, 2.75) is 5.67 Å². The standard InChI is InChI=1S/C15H16FNO/c1-18-14-9-5-8-13(10-14)15(16,11-17)12-6-3-2-4-7-12/h2-10H,11,17H2,1H3. The Morgan fingerprint density at radius 2 is 1.72 bits per heavy atom. The minimum Gasteiger partial charge on any atom is -0.497 e. The molecule has 2 aromatic carbocycles. The highest BCUT2D eigenvalue weighted by atomic mass is 19.1. The first kappa shape index (κ1) is 12.6. The van der Waals surface area contributed by atoms with Crippen LogP contribution in [0.1, 0.15) is 11.1 Å². The summed E-state index contributed by atoms with van der Waals surface area (Å²) in [6.07, 6.45) is 0. The second-order valence-corrected chi connectivity index (χ2v) is 4.10. The second kappa shape index (κ2) is 5.19. The van der Waals surface area contributed by atoms with Crippen LogP contribution in [-0.4, -0.2) is 13.7 Å². The van der Waals surface area contributed by atoms with Crippen molar-refractivity contribution in [3.8, 4) is 5.75 Å². The molecule has 0 amide bonds. The number of benzene rings is 2. The molecule has 2 nitrogen and oxygen atoms in total. The summed E-state index contributed by atoms with van der Waals surface area (Å²) in [5, 5.41) is 0. The van der Waals surface area contributed by atoms with E-state index in [0.717, 1.165) is 0 Å². The predicted octanol–water partition coefficient (Wildman–Crippen LogP) is 2.87. The normalized spacial score (nSPS) is 13.9. The van der Waals surface area contributed by atoms with Crippen molar-refractivity contribution in [3.63, 3.8) is 0 Å². The van der Waals surface area contributed by atoms with E-state index in [0.29, 0.717) is 16.9 Å². The Labute approximate surface area is 106 Å². The van der Waals surface area contributed by atoms with Gasteiger partial charge < -0.3 is 10.5 Å². The first-order valence-corrected chi connectivity index (χ1v) is 5.80. The number of ether oxygens (including phenoxy) is 1. The maximum Gasteiger partial charge on any atom is 0.173 e. The topological polar surface area (TPSA) is 35.2 Å². The van der Waals surface area contributed by atoms with Gasteiger partial charge in [-0.3, -0.25) is 0 Å². The van der Waals surface area contributed by atoms with Crippen LogP contribution in [0.3, 0.4) is 0 Å². The summed E-state index contributed by atoms with van der Waals surface area (Å²) in [6.45, 7) is -0.107. The Kier molecular flexibility index (Phi) is 3.63. The minimum absolute atomic E-state index is 0.107. The van der Waals surface area contributed by atoms with Crippen LogP contribution in [0.4, 0.5) is 4.39 Å². The van der Waals surface area contributed by atoms with Gasteiger partial charge in [0.25, 0.3) is 0 Å². The first-order chi connectivity index (χ1) is 8.70. The van der Waals surface area contributed by atoms with Crippen molar-refractivity contribution in [3.05, 3.63) is 65.7 Å². The van der Waals surface area contributed by atoms with Gasteiger partial charge in [0.15, 0.2) is 5.67 Å². The third-order valence-electron chi connectivity index (χ3n) is 3.04. The van der Waals surface area contributed by atoms with Gasteiger partial charge in [0.1, 0.15) is 5.75 Å². The van der Waals surface area contributed by atoms with E-state index >= 15 is 4.39 Å². The Bertz CT molecular complexity index is 515. The zero-order chi connectivity index (χ0) is 13.0. The van der Waals surface area contributed by atoms with Gasteiger partial charge in [-0.05, 0) is 23.3 Å². The van der Waals surface area contributed by atoms with Gasteiger partial charge in [-0.15, -0.1) is 0 Å². The van der Waals surface area contributed by atoms with E-state index in [2.05, 4.69) is 0 Å². The molecule has 0 saturated heterocycles. The van der Waals surface area contributed by atoms with Gasteiger partial charge in [0, 0.05) is 6.54 Å². The molecule has 2 aromatic rings. The van der Waals surface area contributed by atoms with Gasteiger partial charge in [-0.2, -0.15) is 0 Å². The average Bonchev–Trinajstić information content (AvgIpc) is 2.47. The zero-order valence-corrected chi connectivity index (χ0v) is 10.3. The van der Waals surface area contributed by atoms with Crippen LogP contribution in [-0.2, 0) is 5.67 Å². The molecular weight excluding hydrogens is 229 g/mol. The van der Waals surface area contributed by atoms with Crippen molar-refractivity contribution >= 4 is 0 Å². The fraction of sp³-hybridized carbons (Fsp3) is 0.200. The number of hydrogen-bond acceptors (Lipinski definition) is 2. The van der Waals surface area contributed by atoms with E-state index in [4.69, 9.17) is 10.5 Å². The number of nitrogens with two attached hydrogens (primary N) is 1. The summed E-state index contributed by atoms with van der Waals surface area (Å²) in [4.78, 5) is 0. The van der Waals surface area contributed by atoms with E-state index in [1.54, 1.807) is 55.6 Å². The number of halogens is 1. The molecular formula is C15H16FNO. The van der Waals surface area contributed by atoms with Crippen LogP contribution in [0.15, 0.2) is 54.6 Å². The number of hydrogen-bond donors (Lipinski definition) is 1. The third kappa shape index (κ3) is 2.22. The Morgan fingerprint density at radius 1 is 1.06 bits per heavy atom. The summed E-state index contributed by atoms with van der Waals surface area (Å²) in [7, 11) is 1.56. The lowest BCUT2D eigenvalue weighted by molar-refractivity contribution is 0.232. The van der Waals surface area contributed by atoms with Crippen molar-refractivity contribution in [1.29, 1.82) is 0 Å². The molecule has 0 aliphatic rings. The second-order valence-electron chi connectivity index (χ2n) is 4.10. The van der Waals surface area contributed by atoms with E-state index in [9.17, 15) is 0 Å². The van der Waals surface area contributed by atoms with Crippen molar-refractivity contribution in [1.82, 2.24) is 0 Å². The van der Waals surface area contributed by atoms with Crippen LogP contribution in [0.5, 0.6) is 5.75 Å². The summed E-state index contributed by atoms with van der Waals surface area (Å²) < 4.78 is 20.2. The molecule has 0 aliphatic carbocycles. The molecule has 18 heavy (non-hydrogen) atoms. The molecule has 2 N–H and O–H groups in total. The van der Waals surface area contributed by atoms with Crippen molar-refractivity contribution < 1.29 is 9.13 Å². The van der Waals surface area contributed by atoms with Gasteiger partial charge in [-0.1, -0.05) is 42.5 Å².